The van der Waals surface area contributed by atoms with E-state index in [-0.39, 0.29) is 6.61 Å². The molecule has 0 aromatic carbocycles. The third-order valence-corrected chi connectivity index (χ3v) is 3.31. The maximum Gasteiger partial charge on any atom is 0.330 e. The molecule has 2 heterocycles. The van der Waals surface area contributed by atoms with Crippen molar-refractivity contribution in [3.05, 3.63) is 43.0 Å². The molecule has 4 atom stereocenters. The molecule has 0 aliphatic carbocycles. The van der Waals surface area contributed by atoms with Crippen LogP contribution < -0.4 is 11.2 Å². The van der Waals surface area contributed by atoms with Crippen molar-refractivity contribution in [3.8, 4) is 0 Å². The zero-order valence-corrected chi connectivity index (χ0v) is 11.9. The van der Waals surface area contributed by atoms with E-state index in [1.54, 1.807) is 6.92 Å². The Morgan fingerprint density at radius 2 is 2.45 bits per heavy atom. The summed E-state index contributed by atoms with van der Waals surface area (Å²) in [6.45, 7) is 1.82. The summed E-state index contributed by atoms with van der Waals surface area (Å²) in [6.07, 6.45) is 0.739. The molecule has 1 aromatic heterocycles. The van der Waals surface area contributed by atoms with Crippen LogP contribution in [0.15, 0.2) is 20.9 Å². The van der Waals surface area contributed by atoms with E-state index in [2.05, 4.69) is 24.5 Å². The second-order valence-corrected chi connectivity index (χ2v) is 4.78. The summed E-state index contributed by atoms with van der Waals surface area (Å²) in [5.41, 5.74) is 7.96. The van der Waals surface area contributed by atoms with Gasteiger partial charge in [-0.1, -0.05) is 5.11 Å². The van der Waals surface area contributed by atoms with Gasteiger partial charge in [0.2, 0.25) is 0 Å². The van der Waals surface area contributed by atoms with E-state index < -0.39 is 29.6 Å². The second-order valence-electron chi connectivity index (χ2n) is 4.45. The maximum atomic E-state index is 11.8. The number of nitrogens with zero attached hydrogens (tertiary/aromatic N) is 4. The third kappa shape index (κ3) is 2.91. The standard InChI is InChI=1S/C10H14N5O4P/c1-5-3-15(10(17)12-9(5)16)8-2-6(13-14-11)7(19-8)4-18-20/h3,6-8H,2,4,20H2,1H3,(H,12,16,17)/t6?,7-,8-/m1/s1. The molecule has 1 aliphatic heterocycles. The molecule has 0 spiro atoms. The fourth-order valence-electron chi connectivity index (χ4n) is 2.12. The first kappa shape index (κ1) is 14.7. The van der Waals surface area contributed by atoms with Crippen LogP contribution in [-0.4, -0.2) is 28.3 Å². The molecule has 0 radical (unpaired) electrons. The van der Waals surface area contributed by atoms with Crippen LogP contribution >= 0.6 is 9.47 Å². The van der Waals surface area contributed by atoms with Gasteiger partial charge in [-0.3, -0.25) is 14.3 Å². The van der Waals surface area contributed by atoms with Gasteiger partial charge in [0.1, 0.15) is 6.23 Å². The Kier molecular flexibility index (Phi) is 4.57. The molecule has 1 N–H and O–H groups in total. The van der Waals surface area contributed by atoms with Gasteiger partial charge in [-0.05, 0) is 12.5 Å². The van der Waals surface area contributed by atoms with E-state index >= 15 is 0 Å². The summed E-state index contributed by atoms with van der Waals surface area (Å²) >= 11 is 0. The van der Waals surface area contributed by atoms with Gasteiger partial charge >= 0.3 is 5.69 Å². The number of rotatable bonds is 4. The molecular weight excluding hydrogens is 285 g/mol. The van der Waals surface area contributed by atoms with Crippen molar-refractivity contribution in [2.45, 2.75) is 31.7 Å². The van der Waals surface area contributed by atoms with Gasteiger partial charge in [0, 0.05) is 32.6 Å². The molecule has 1 aromatic rings. The number of nitrogens with one attached hydrogen (secondary N) is 1. The summed E-state index contributed by atoms with van der Waals surface area (Å²) in [5.74, 6) is 0. The van der Waals surface area contributed by atoms with Crippen molar-refractivity contribution >= 4 is 9.47 Å². The van der Waals surface area contributed by atoms with Crippen molar-refractivity contribution < 1.29 is 9.26 Å². The molecule has 0 amide bonds. The van der Waals surface area contributed by atoms with Gasteiger partial charge in [-0.25, -0.2) is 4.79 Å². The molecule has 0 bridgehead atoms. The van der Waals surface area contributed by atoms with Crippen molar-refractivity contribution in [1.82, 2.24) is 9.55 Å². The fraction of sp³-hybridized carbons (Fsp3) is 0.600. The topological polar surface area (TPSA) is 122 Å². The van der Waals surface area contributed by atoms with Gasteiger partial charge in [0.25, 0.3) is 5.56 Å². The van der Waals surface area contributed by atoms with E-state index in [4.69, 9.17) is 14.8 Å². The molecule has 1 saturated heterocycles. The normalized spacial score (nSPS) is 25.4. The number of aryl methyl sites for hydroxylation is 1. The average Bonchev–Trinajstić information content (AvgIpc) is 2.78. The lowest BCUT2D eigenvalue weighted by Crippen LogP contribution is -2.33. The van der Waals surface area contributed by atoms with Gasteiger partial charge in [-0.2, -0.15) is 0 Å². The maximum absolute atomic E-state index is 11.8. The quantitative estimate of drug-likeness (QED) is 0.379. The summed E-state index contributed by atoms with van der Waals surface area (Å²) in [7, 11) is 2.09. The van der Waals surface area contributed by atoms with Crippen LogP contribution in [0, 0.1) is 6.92 Å². The third-order valence-electron chi connectivity index (χ3n) is 3.12. The lowest BCUT2D eigenvalue weighted by molar-refractivity contribution is -0.0197. The monoisotopic (exact) mass is 299 g/mol. The Hall–Kier alpha value is -1.66. The highest BCUT2D eigenvalue weighted by atomic mass is 31.0. The van der Waals surface area contributed by atoms with Crippen LogP contribution in [0.25, 0.3) is 10.4 Å². The lowest BCUT2D eigenvalue weighted by atomic mass is 10.1. The number of azide groups is 1. The Bertz CT molecular complexity index is 650. The summed E-state index contributed by atoms with van der Waals surface area (Å²) in [6, 6.07) is -0.426. The highest BCUT2D eigenvalue weighted by Crippen LogP contribution is 2.30. The molecule has 1 fully saturated rings. The predicted octanol–water partition coefficient (Wildman–Crippen LogP) is 0.618. The van der Waals surface area contributed by atoms with Crippen molar-refractivity contribution in [2.24, 2.45) is 5.11 Å². The van der Waals surface area contributed by atoms with E-state index in [1.165, 1.54) is 10.8 Å². The number of hydrogen-bond acceptors (Lipinski definition) is 5. The van der Waals surface area contributed by atoms with Crippen LogP contribution in [0.1, 0.15) is 18.2 Å². The van der Waals surface area contributed by atoms with Crippen LogP contribution in [0.5, 0.6) is 0 Å². The molecule has 1 aliphatic rings. The van der Waals surface area contributed by atoms with Crippen molar-refractivity contribution in [1.29, 1.82) is 0 Å². The Morgan fingerprint density at radius 3 is 3.10 bits per heavy atom. The Balaban J connectivity index is 2.31. The number of hydrogen-bond donors (Lipinski definition) is 1. The molecule has 9 nitrogen and oxygen atoms in total. The molecule has 2 rings (SSSR count). The van der Waals surface area contributed by atoms with Gasteiger partial charge in [0.05, 0.1) is 18.8 Å². The van der Waals surface area contributed by atoms with E-state index in [0.29, 0.717) is 12.0 Å². The summed E-state index contributed by atoms with van der Waals surface area (Å²) in [4.78, 5) is 28.1. The fourth-order valence-corrected chi connectivity index (χ4v) is 2.31. The van der Waals surface area contributed by atoms with Crippen LogP contribution in [0.2, 0.25) is 0 Å². The van der Waals surface area contributed by atoms with Crippen LogP contribution in [0.4, 0.5) is 0 Å². The summed E-state index contributed by atoms with van der Waals surface area (Å²) in [5, 5.41) is 3.65. The number of aromatic nitrogens is 2. The molecule has 108 valence electrons. The number of ether oxygens (including phenoxy) is 1. The van der Waals surface area contributed by atoms with E-state index in [0.717, 1.165) is 0 Å². The van der Waals surface area contributed by atoms with Gasteiger partial charge < -0.3 is 9.26 Å². The van der Waals surface area contributed by atoms with E-state index in [1.807, 2.05) is 0 Å². The first-order valence-corrected chi connectivity index (χ1v) is 6.37. The average molecular weight is 299 g/mol. The van der Waals surface area contributed by atoms with Crippen LogP contribution in [-0.2, 0) is 9.26 Å². The minimum Gasteiger partial charge on any atom is -0.363 e. The van der Waals surface area contributed by atoms with Gasteiger partial charge in [-0.15, -0.1) is 0 Å². The molecule has 2 unspecified atom stereocenters. The van der Waals surface area contributed by atoms with Gasteiger partial charge in [0.15, 0.2) is 0 Å². The Labute approximate surface area is 115 Å². The first-order chi connectivity index (χ1) is 9.56. The largest absolute Gasteiger partial charge is 0.363 e. The number of aromatic amines is 1. The highest BCUT2D eigenvalue weighted by molar-refractivity contribution is 7.09. The minimum absolute atomic E-state index is 0.224. The molecular formula is C10H14N5O4P. The zero-order chi connectivity index (χ0) is 14.7. The minimum atomic E-state index is -0.598. The smallest absolute Gasteiger partial charge is 0.330 e. The predicted molar refractivity (Wildman–Crippen MR) is 73.2 cm³/mol. The zero-order valence-electron chi connectivity index (χ0n) is 10.7. The molecule has 20 heavy (non-hydrogen) atoms. The van der Waals surface area contributed by atoms with E-state index in [9.17, 15) is 9.59 Å². The number of H-pyrrole nitrogens is 1. The molecule has 10 heteroatoms. The first-order valence-electron chi connectivity index (χ1n) is 5.90. The molecule has 0 saturated carbocycles. The second kappa shape index (κ2) is 6.19. The van der Waals surface area contributed by atoms with Crippen LogP contribution in [0.3, 0.4) is 0 Å². The SMILES string of the molecule is Cc1cn([C@H]2CC(N=[N+]=[N-])[C@@H](COP)O2)c(=O)[nH]c1=O. The Morgan fingerprint density at radius 1 is 1.70 bits per heavy atom. The van der Waals surface area contributed by atoms with Crippen molar-refractivity contribution in [2.75, 3.05) is 6.61 Å². The lowest BCUT2D eigenvalue weighted by Gasteiger charge is -2.15. The van der Waals surface area contributed by atoms with Crippen molar-refractivity contribution in [3.63, 3.8) is 0 Å². The summed E-state index contributed by atoms with van der Waals surface area (Å²) < 4.78 is 11.9. The highest BCUT2D eigenvalue weighted by Gasteiger charge is 2.36.